The van der Waals surface area contributed by atoms with E-state index in [0.717, 1.165) is 29.2 Å². The Hall–Kier alpha value is -1.86. The number of hydrogen-bond donors (Lipinski definition) is 2. The number of aryl methyl sites for hydroxylation is 2. The predicted octanol–water partition coefficient (Wildman–Crippen LogP) is 1.67. The Morgan fingerprint density at radius 2 is 2.04 bits per heavy atom. The molecule has 3 heterocycles. The van der Waals surface area contributed by atoms with Crippen LogP contribution in [0, 0.1) is 13.8 Å². The maximum atomic E-state index is 12.8. The predicted molar refractivity (Wildman–Crippen MR) is 95.5 cm³/mol. The van der Waals surface area contributed by atoms with Gasteiger partial charge in [0.15, 0.2) is 0 Å². The molecule has 132 valence electrons. The molecule has 1 amide bonds. The number of nitrogens with zero attached hydrogens (tertiary/aromatic N) is 4. The zero-order chi connectivity index (χ0) is 16.7. The Morgan fingerprint density at radius 1 is 1.33 bits per heavy atom. The molecule has 1 aliphatic heterocycles. The summed E-state index contributed by atoms with van der Waals surface area (Å²) in [5, 5.41) is 15.0. The van der Waals surface area contributed by atoms with Crippen LogP contribution >= 0.6 is 12.4 Å². The van der Waals surface area contributed by atoms with Crippen LogP contribution in [0.5, 0.6) is 0 Å². The number of hydrogen-bond acceptors (Lipinski definition) is 4. The Balaban J connectivity index is 0.00000208. The lowest BCUT2D eigenvalue weighted by Gasteiger charge is -2.38. The Labute approximate surface area is 148 Å². The lowest BCUT2D eigenvalue weighted by molar-refractivity contribution is 0.0597. The molecule has 2 aromatic rings. The molecule has 0 spiro atoms. The Bertz CT molecular complexity index is 737. The second kappa shape index (κ2) is 6.94. The van der Waals surface area contributed by atoms with Gasteiger partial charge in [0.2, 0.25) is 0 Å². The lowest BCUT2D eigenvalue weighted by atomic mass is 10.1. The SMILES string of the molecule is Cc1nn(C)c(C)c1-c1cc(C(=O)N2CCNC(C)C2C)[nH]n1.Cl. The van der Waals surface area contributed by atoms with Gasteiger partial charge in [0, 0.05) is 43.5 Å². The number of carbonyl (C=O) groups is 1. The highest BCUT2D eigenvalue weighted by molar-refractivity contribution is 5.94. The highest BCUT2D eigenvalue weighted by Crippen LogP contribution is 2.25. The molecule has 2 atom stereocenters. The first kappa shape index (κ1) is 18.5. The average Bonchev–Trinajstić information content (AvgIpc) is 3.07. The zero-order valence-corrected chi connectivity index (χ0v) is 15.6. The third kappa shape index (κ3) is 3.06. The van der Waals surface area contributed by atoms with Gasteiger partial charge in [-0.2, -0.15) is 10.2 Å². The highest BCUT2D eigenvalue weighted by Gasteiger charge is 2.30. The second-order valence-electron chi connectivity index (χ2n) is 6.32. The minimum Gasteiger partial charge on any atom is -0.332 e. The van der Waals surface area contributed by atoms with E-state index >= 15 is 0 Å². The van der Waals surface area contributed by atoms with E-state index in [4.69, 9.17) is 0 Å². The molecule has 0 aromatic carbocycles. The molecule has 0 aliphatic carbocycles. The molecule has 2 unspecified atom stereocenters. The van der Waals surface area contributed by atoms with Crippen molar-refractivity contribution in [2.75, 3.05) is 13.1 Å². The number of aromatic nitrogens is 4. The molecule has 0 radical (unpaired) electrons. The molecule has 1 saturated heterocycles. The molecular formula is C16H25ClN6O. The summed E-state index contributed by atoms with van der Waals surface area (Å²) in [6, 6.07) is 2.28. The van der Waals surface area contributed by atoms with Gasteiger partial charge < -0.3 is 10.2 Å². The maximum absolute atomic E-state index is 12.8. The van der Waals surface area contributed by atoms with Gasteiger partial charge in [-0.05, 0) is 33.8 Å². The third-order valence-corrected chi connectivity index (χ3v) is 4.87. The van der Waals surface area contributed by atoms with Crippen LogP contribution in [0.25, 0.3) is 11.3 Å². The van der Waals surface area contributed by atoms with Crippen LogP contribution in [-0.2, 0) is 7.05 Å². The molecule has 7 nitrogen and oxygen atoms in total. The van der Waals surface area contributed by atoms with Crippen LogP contribution < -0.4 is 5.32 Å². The molecule has 1 fully saturated rings. The van der Waals surface area contributed by atoms with Crippen molar-refractivity contribution < 1.29 is 4.79 Å². The fourth-order valence-corrected chi connectivity index (χ4v) is 3.20. The summed E-state index contributed by atoms with van der Waals surface area (Å²) in [5.41, 5.74) is 4.25. The summed E-state index contributed by atoms with van der Waals surface area (Å²) in [6.07, 6.45) is 0. The number of H-pyrrole nitrogens is 1. The molecule has 0 saturated carbocycles. The van der Waals surface area contributed by atoms with E-state index in [-0.39, 0.29) is 30.4 Å². The van der Waals surface area contributed by atoms with Crippen molar-refractivity contribution in [3.8, 4) is 11.3 Å². The average molecular weight is 353 g/mol. The standard InChI is InChI=1S/C16H24N6O.ClH/c1-9-11(3)22(7-6-17-9)16(23)14-8-13(18-19-14)15-10(2)20-21(5)12(15)4;/h8-9,11,17H,6-7H2,1-5H3,(H,18,19);1H. The van der Waals surface area contributed by atoms with Crippen molar-refractivity contribution in [2.45, 2.75) is 39.8 Å². The summed E-state index contributed by atoms with van der Waals surface area (Å²) in [5.74, 6) is 0.00352. The van der Waals surface area contributed by atoms with Crippen molar-refractivity contribution in [1.82, 2.24) is 30.2 Å². The van der Waals surface area contributed by atoms with Crippen LogP contribution in [0.3, 0.4) is 0 Å². The summed E-state index contributed by atoms with van der Waals surface area (Å²) in [7, 11) is 1.91. The van der Waals surface area contributed by atoms with Crippen LogP contribution in [0.1, 0.15) is 35.7 Å². The quantitative estimate of drug-likeness (QED) is 0.861. The van der Waals surface area contributed by atoms with E-state index in [2.05, 4.69) is 34.5 Å². The molecule has 2 N–H and O–H groups in total. The van der Waals surface area contributed by atoms with E-state index in [1.807, 2.05) is 36.5 Å². The number of amides is 1. The molecule has 2 aromatic heterocycles. The van der Waals surface area contributed by atoms with Gasteiger partial charge in [-0.25, -0.2) is 0 Å². The van der Waals surface area contributed by atoms with Crippen molar-refractivity contribution in [3.05, 3.63) is 23.1 Å². The number of halogens is 1. The van der Waals surface area contributed by atoms with Crippen molar-refractivity contribution in [3.63, 3.8) is 0 Å². The smallest absolute Gasteiger partial charge is 0.272 e. The molecule has 24 heavy (non-hydrogen) atoms. The van der Waals surface area contributed by atoms with E-state index in [1.165, 1.54) is 0 Å². The van der Waals surface area contributed by atoms with Crippen molar-refractivity contribution in [2.24, 2.45) is 7.05 Å². The first-order valence-electron chi connectivity index (χ1n) is 8.00. The monoisotopic (exact) mass is 352 g/mol. The van der Waals surface area contributed by atoms with Gasteiger partial charge in [0.05, 0.1) is 11.4 Å². The first-order chi connectivity index (χ1) is 10.9. The fraction of sp³-hybridized carbons (Fsp3) is 0.562. The van der Waals surface area contributed by atoms with Gasteiger partial charge in [0.25, 0.3) is 5.91 Å². The minimum atomic E-state index is 0. The normalized spacial score (nSPS) is 20.8. The number of aromatic amines is 1. The third-order valence-electron chi connectivity index (χ3n) is 4.87. The summed E-state index contributed by atoms with van der Waals surface area (Å²) in [4.78, 5) is 14.7. The van der Waals surface area contributed by atoms with E-state index < -0.39 is 0 Å². The summed E-state index contributed by atoms with van der Waals surface area (Å²) >= 11 is 0. The Morgan fingerprint density at radius 3 is 2.67 bits per heavy atom. The molecule has 0 bridgehead atoms. The van der Waals surface area contributed by atoms with E-state index in [0.29, 0.717) is 12.2 Å². The number of piperazine rings is 1. The molecule has 1 aliphatic rings. The second-order valence-corrected chi connectivity index (χ2v) is 6.32. The van der Waals surface area contributed by atoms with Crippen molar-refractivity contribution >= 4 is 18.3 Å². The summed E-state index contributed by atoms with van der Waals surface area (Å²) in [6.45, 7) is 9.67. The van der Waals surface area contributed by atoms with Crippen molar-refractivity contribution in [1.29, 1.82) is 0 Å². The number of rotatable bonds is 2. The minimum absolute atomic E-state index is 0. The zero-order valence-electron chi connectivity index (χ0n) is 14.8. The van der Waals surface area contributed by atoms with Gasteiger partial charge in [-0.1, -0.05) is 0 Å². The van der Waals surface area contributed by atoms with Gasteiger partial charge in [-0.3, -0.25) is 14.6 Å². The van der Waals surface area contributed by atoms with E-state index in [1.54, 1.807) is 0 Å². The molecule has 3 rings (SSSR count). The van der Waals surface area contributed by atoms with Crippen LogP contribution in [0.15, 0.2) is 6.07 Å². The topological polar surface area (TPSA) is 78.8 Å². The van der Waals surface area contributed by atoms with Gasteiger partial charge in [0.1, 0.15) is 5.69 Å². The molecular weight excluding hydrogens is 328 g/mol. The first-order valence-corrected chi connectivity index (χ1v) is 8.00. The largest absolute Gasteiger partial charge is 0.332 e. The van der Waals surface area contributed by atoms with Crippen LogP contribution in [-0.4, -0.2) is 56.0 Å². The van der Waals surface area contributed by atoms with Crippen LogP contribution in [0.4, 0.5) is 0 Å². The lowest BCUT2D eigenvalue weighted by Crippen LogP contribution is -2.57. The van der Waals surface area contributed by atoms with E-state index in [9.17, 15) is 4.79 Å². The number of carbonyl (C=O) groups excluding carboxylic acids is 1. The van der Waals surface area contributed by atoms with Gasteiger partial charge in [-0.15, -0.1) is 12.4 Å². The Kier molecular flexibility index (Phi) is 5.35. The molecule has 8 heteroatoms. The van der Waals surface area contributed by atoms with Gasteiger partial charge >= 0.3 is 0 Å². The van der Waals surface area contributed by atoms with Crippen LogP contribution in [0.2, 0.25) is 0 Å². The summed E-state index contributed by atoms with van der Waals surface area (Å²) < 4.78 is 1.83. The highest BCUT2D eigenvalue weighted by atomic mass is 35.5. The fourth-order valence-electron chi connectivity index (χ4n) is 3.20. The number of nitrogens with one attached hydrogen (secondary N) is 2. The maximum Gasteiger partial charge on any atom is 0.272 e.